The molecule has 1 aliphatic heterocycles. The fourth-order valence-electron chi connectivity index (χ4n) is 4.98. The molecule has 0 saturated carbocycles. The number of hydrogen-bond acceptors (Lipinski definition) is 2. The van der Waals surface area contributed by atoms with E-state index in [0.717, 1.165) is 43.7 Å². The lowest BCUT2D eigenvalue weighted by Crippen LogP contribution is -2.43. The number of benzene rings is 3. The van der Waals surface area contributed by atoms with Gasteiger partial charge in [0.15, 0.2) is 0 Å². The SMILES string of the molecule is Clc1ccc(Cn2ccc(CN3CCC(c4ccccc4)(c4ccccc4)CC3)n2)c(Cl)c1. The minimum absolute atomic E-state index is 0.0731. The van der Waals surface area contributed by atoms with E-state index >= 15 is 0 Å². The summed E-state index contributed by atoms with van der Waals surface area (Å²) in [5.41, 5.74) is 5.01. The first kappa shape index (κ1) is 22.2. The molecule has 168 valence electrons. The molecule has 0 radical (unpaired) electrons. The molecule has 0 N–H and O–H groups in total. The highest BCUT2D eigenvalue weighted by Crippen LogP contribution is 2.41. The molecule has 3 nitrogen and oxygen atoms in total. The molecule has 3 aromatic carbocycles. The highest BCUT2D eigenvalue weighted by Gasteiger charge is 2.37. The summed E-state index contributed by atoms with van der Waals surface area (Å²) >= 11 is 12.4. The van der Waals surface area contributed by atoms with E-state index in [1.54, 1.807) is 6.07 Å². The molecule has 0 aliphatic carbocycles. The van der Waals surface area contributed by atoms with Crippen LogP contribution in [0, 0.1) is 0 Å². The molecule has 0 atom stereocenters. The third-order valence-electron chi connectivity index (χ3n) is 6.79. The first-order valence-corrected chi connectivity index (χ1v) is 12.2. The van der Waals surface area contributed by atoms with Gasteiger partial charge in [-0.25, -0.2) is 0 Å². The molecular weight excluding hydrogens is 449 g/mol. The predicted octanol–water partition coefficient (Wildman–Crippen LogP) is 6.82. The van der Waals surface area contributed by atoms with Crippen LogP contribution in [0.3, 0.4) is 0 Å². The van der Waals surface area contributed by atoms with Crippen molar-refractivity contribution in [2.24, 2.45) is 0 Å². The van der Waals surface area contributed by atoms with Crippen LogP contribution in [0.15, 0.2) is 91.1 Å². The van der Waals surface area contributed by atoms with Crippen LogP contribution in [-0.2, 0) is 18.5 Å². The Balaban J connectivity index is 1.27. The van der Waals surface area contributed by atoms with Gasteiger partial charge in [0, 0.05) is 28.2 Å². The molecule has 0 unspecified atom stereocenters. The number of aromatic nitrogens is 2. The second-order valence-electron chi connectivity index (χ2n) is 8.83. The summed E-state index contributed by atoms with van der Waals surface area (Å²) in [6.45, 7) is 3.58. The van der Waals surface area contributed by atoms with Gasteiger partial charge in [-0.3, -0.25) is 9.58 Å². The Kier molecular flexibility index (Phi) is 6.55. The van der Waals surface area contributed by atoms with Crippen molar-refractivity contribution >= 4 is 23.2 Å². The van der Waals surface area contributed by atoms with E-state index in [2.05, 4.69) is 71.6 Å². The second-order valence-corrected chi connectivity index (χ2v) is 9.67. The van der Waals surface area contributed by atoms with Gasteiger partial charge in [-0.1, -0.05) is 89.9 Å². The summed E-state index contributed by atoms with van der Waals surface area (Å²) in [5.74, 6) is 0. The fourth-order valence-corrected chi connectivity index (χ4v) is 5.45. The van der Waals surface area contributed by atoms with Crippen molar-refractivity contribution in [1.82, 2.24) is 14.7 Å². The van der Waals surface area contributed by atoms with E-state index < -0.39 is 0 Å². The lowest BCUT2D eigenvalue weighted by atomic mass is 9.68. The van der Waals surface area contributed by atoms with Gasteiger partial charge in [0.25, 0.3) is 0 Å². The van der Waals surface area contributed by atoms with Gasteiger partial charge < -0.3 is 0 Å². The topological polar surface area (TPSA) is 21.1 Å². The Hall–Kier alpha value is -2.59. The maximum absolute atomic E-state index is 6.34. The Morgan fingerprint density at radius 2 is 1.39 bits per heavy atom. The standard InChI is InChI=1S/C28H27Cl2N3/c29-25-12-11-22(27(30)19-25)20-33-16-13-26(31-33)21-32-17-14-28(15-18-32,23-7-3-1-4-8-23)24-9-5-2-6-10-24/h1-13,16,19H,14-15,17-18,20-21H2. The highest BCUT2D eigenvalue weighted by atomic mass is 35.5. The minimum Gasteiger partial charge on any atom is -0.297 e. The molecule has 1 aromatic heterocycles. The monoisotopic (exact) mass is 475 g/mol. The lowest BCUT2D eigenvalue weighted by Gasteiger charge is -2.42. The van der Waals surface area contributed by atoms with Crippen LogP contribution >= 0.6 is 23.2 Å². The molecule has 2 heterocycles. The number of likely N-dealkylation sites (tertiary alicyclic amines) is 1. The molecule has 5 heteroatoms. The van der Waals surface area contributed by atoms with Crippen LogP contribution in [0.2, 0.25) is 10.0 Å². The van der Waals surface area contributed by atoms with Gasteiger partial charge >= 0.3 is 0 Å². The quantitative estimate of drug-likeness (QED) is 0.305. The molecule has 33 heavy (non-hydrogen) atoms. The van der Waals surface area contributed by atoms with Gasteiger partial charge in [-0.2, -0.15) is 5.10 Å². The molecule has 0 amide bonds. The third-order valence-corrected chi connectivity index (χ3v) is 7.38. The van der Waals surface area contributed by atoms with Gasteiger partial charge in [-0.15, -0.1) is 0 Å². The minimum atomic E-state index is 0.0731. The molecule has 1 fully saturated rings. The number of rotatable bonds is 6. The van der Waals surface area contributed by atoms with Crippen molar-refractivity contribution in [3.05, 3.63) is 124 Å². The molecule has 0 spiro atoms. The zero-order chi connectivity index (χ0) is 22.7. The van der Waals surface area contributed by atoms with E-state index in [-0.39, 0.29) is 5.41 Å². The first-order valence-electron chi connectivity index (χ1n) is 11.4. The first-order chi connectivity index (χ1) is 16.1. The molecular formula is C28H27Cl2N3. The van der Waals surface area contributed by atoms with Crippen LogP contribution in [0.4, 0.5) is 0 Å². The zero-order valence-corrected chi connectivity index (χ0v) is 20.0. The van der Waals surface area contributed by atoms with Crippen molar-refractivity contribution < 1.29 is 0 Å². The smallest absolute Gasteiger partial charge is 0.0764 e. The Labute approximate surface area is 205 Å². The predicted molar refractivity (Wildman–Crippen MR) is 136 cm³/mol. The number of nitrogens with zero attached hydrogens (tertiary/aromatic N) is 3. The lowest BCUT2D eigenvalue weighted by molar-refractivity contribution is 0.170. The third kappa shape index (κ3) is 4.86. The van der Waals surface area contributed by atoms with Crippen LogP contribution in [0.25, 0.3) is 0 Å². The van der Waals surface area contributed by atoms with E-state index in [1.807, 2.05) is 23.0 Å². The molecule has 1 aliphatic rings. The number of halogens is 2. The summed E-state index contributed by atoms with van der Waals surface area (Å²) in [6, 6.07) is 29.7. The van der Waals surface area contributed by atoms with Crippen molar-refractivity contribution in [2.75, 3.05) is 13.1 Å². The Bertz CT molecular complexity index is 1150. The highest BCUT2D eigenvalue weighted by molar-refractivity contribution is 6.35. The van der Waals surface area contributed by atoms with Gasteiger partial charge in [0.05, 0.1) is 12.2 Å². The molecule has 1 saturated heterocycles. The summed E-state index contributed by atoms with van der Waals surface area (Å²) < 4.78 is 1.95. The maximum Gasteiger partial charge on any atom is 0.0764 e. The Morgan fingerprint density at radius 1 is 0.758 bits per heavy atom. The van der Waals surface area contributed by atoms with E-state index in [1.165, 1.54) is 11.1 Å². The average Bonchev–Trinajstić information content (AvgIpc) is 3.29. The van der Waals surface area contributed by atoms with Crippen LogP contribution < -0.4 is 0 Å². The maximum atomic E-state index is 6.34. The van der Waals surface area contributed by atoms with Crippen molar-refractivity contribution in [2.45, 2.75) is 31.3 Å². The fraction of sp³-hybridized carbons (Fsp3) is 0.250. The molecule has 0 bridgehead atoms. The van der Waals surface area contributed by atoms with E-state index in [0.29, 0.717) is 16.6 Å². The summed E-state index contributed by atoms with van der Waals surface area (Å²) in [6.07, 6.45) is 4.23. The average molecular weight is 476 g/mol. The molecule has 4 aromatic rings. The van der Waals surface area contributed by atoms with Crippen molar-refractivity contribution in [3.8, 4) is 0 Å². The van der Waals surface area contributed by atoms with E-state index in [9.17, 15) is 0 Å². The summed E-state index contributed by atoms with van der Waals surface area (Å²) in [5, 5.41) is 6.12. The van der Waals surface area contributed by atoms with Gasteiger partial charge in [0.2, 0.25) is 0 Å². The van der Waals surface area contributed by atoms with Crippen LogP contribution in [0.5, 0.6) is 0 Å². The Morgan fingerprint density at radius 3 is 2.00 bits per heavy atom. The van der Waals surface area contributed by atoms with E-state index in [4.69, 9.17) is 28.3 Å². The van der Waals surface area contributed by atoms with Gasteiger partial charge in [-0.05, 0) is 60.8 Å². The molecule has 5 rings (SSSR count). The van der Waals surface area contributed by atoms with Crippen LogP contribution in [0.1, 0.15) is 35.2 Å². The van der Waals surface area contributed by atoms with Crippen molar-refractivity contribution in [3.63, 3.8) is 0 Å². The second kappa shape index (κ2) is 9.72. The summed E-state index contributed by atoms with van der Waals surface area (Å²) in [4.78, 5) is 2.52. The zero-order valence-electron chi connectivity index (χ0n) is 18.5. The van der Waals surface area contributed by atoms with Gasteiger partial charge in [0.1, 0.15) is 0 Å². The number of piperidine rings is 1. The number of hydrogen-bond donors (Lipinski definition) is 0. The van der Waals surface area contributed by atoms with Crippen LogP contribution in [-0.4, -0.2) is 27.8 Å². The largest absolute Gasteiger partial charge is 0.297 e. The normalized spacial score (nSPS) is 16.1. The summed E-state index contributed by atoms with van der Waals surface area (Å²) in [7, 11) is 0. The van der Waals surface area contributed by atoms with Crippen molar-refractivity contribution in [1.29, 1.82) is 0 Å².